The molecule has 0 aliphatic rings. The number of nitrogens with zero attached hydrogens (tertiary/aromatic N) is 3. The summed E-state index contributed by atoms with van der Waals surface area (Å²) in [7, 11) is -7.43. The van der Waals surface area contributed by atoms with Crippen LogP contribution in [0.2, 0.25) is 0 Å². The van der Waals surface area contributed by atoms with Crippen LogP contribution in [0.5, 0.6) is 0 Å². The molecule has 1 heterocycles. The fourth-order valence-corrected chi connectivity index (χ4v) is 5.17. The lowest BCUT2D eigenvalue weighted by Gasteiger charge is -2.10. The first kappa shape index (κ1) is 20.6. The molecular weight excluding hydrogens is 468 g/mol. The van der Waals surface area contributed by atoms with E-state index in [0.29, 0.717) is 6.54 Å². The maximum atomic E-state index is 12.6. The molecule has 0 saturated carbocycles. The normalized spacial score (nSPS) is 12.2. The van der Waals surface area contributed by atoms with Crippen molar-refractivity contribution in [2.45, 2.75) is 22.9 Å². The van der Waals surface area contributed by atoms with E-state index in [9.17, 15) is 16.8 Å². The van der Waals surface area contributed by atoms with Crippen LogP contribution in [0, 0.1) is 0 Å². The Labute approximate surface area is 171 Å². The van der Waals surface area contributed by atoms with Gasteiger partial charge < -0.3 is 0 Å². The molecule has 0 atom stereocenters. The molecule has 0 aliphatic heterocycles. The van der Waals surface area contributed by atoms with E-state index in [4.69, 9.17) is 0 Å². The first-order valence-corrected chi connectivity index (χ1v) is 12.2. The first-order chi connectivity index (χ1) is 13.1. The lowest BCUT2D eigenvalue weighted by Crippen LogP contribution is -2.24. The number of sulfonamides is 1. The van der Waals surface area contributed by atoms with Gasteiger partial charge in [0, 0.05) is 17.3 Å². The predicted octanol–water partition coefficient (Wildman–Crippen LogP) is 1.97. The number of benzene rings is 2. The minimum Gasteiger partial charge on any atom is -0.249 e. The highest BCUT2D eigenvalue weighted by molar-refractivity contribution is 9.10. The number of hydrogen-bond donors (Lipinski definition) is 1. The predicted molar refractivity (Wildman–Crippen MR) is 107 cm³/mol. The summed E-state index contributed by atoms with van der Waals surface area (Å²) in [4.78, 5) is 3.70. The maximum Gasteiger partial charge on any atom is 0.242 e. The Morgan fingerprint density at radius 1 is 1.04 bits per heavy atom. The third-order valence-corrected chi connectivity index (χ3v) is 7.43. The summed E-state index contributed by atoms with van der Waals surface area (Å²) in [5.74, 6) is 0. The summed E-state index contributed by atoms with van der Waals surface area (Å²) < 4.78 is 53.1. The molecule has 3 rings (SSSR count). The van der Waals surface area contributed by atoms with E-state index in [1.807, 2.05) is 24.3 Å². The van der Waals surface area contributed by atoms with Crippen LogP contribution in [0.3, 0.4) is 0 Å². The summed E-state index contributed by atoms with van der Waals surface area (Å²) in [5.41, 5.74) is 1.77. The Bertz CT molecular complexity index is 1180. The Kier molecular flexibility index (Phi) is 5.98. The van der Waals surface area contributed by atoms with Gasteiger partial charge >= 0.3 is 0 Å². The molecule has 1 N–H and O–H groups in total. The van der Waals surface area contributed by atoms with Gasteiger partial charge in [-0.1, -0.05) is 24.3 Å². The second-order valence-electron chi connectivity index (χ2n) is 6.10. The standard InChI is InChI=1S/C17H17BrN4O4S2/c1-27(23,24)15-6-7-16(18)17(8-15)28(25,26)21-9-13-2-4-14(5-3-13)10-22-12-19-11-20-22/h2-8,11-12,21H,9-10H2,1H3. The molecule has 0 spiro atoms. The quantitative estimate of drug-likeness (QED) is 0.548. The molecule has 0 saturated heterocycles. The Morgan fingerprint density at radius 3 is 2.32 bits per heavy atom. The van der Waals surface area contributed by atoms with Gasteiger partial charge in [0.05, 0.1) is 16.3 Å². The Hall–Kier alpha value is -2.08. The van der Waals surface area contributed by atoms with Crippen LogP contribution in [0.1, 0.15) is 11.1 Å². The van der Waals surface area contributed by atoms with Crippen molar-refractivity contribution in [3.05, 3.63) is 70.7 Å². The largest absolute Gasteiger partial charge is 0.249 e. The minimum absolute atomic E-state index is 0.0615. The fourth-order valence-electron chi connectivity index (χ4n) is 2.44. The first-order valence-electron chi connectivity index (χ1n) is 8.05. The highest BCUT2D eigenvalue weighted by atomic mass is 79.9. The molecule has 148 valence electrons. The van der Waals surface area contributed by atoms with Crippen molar-refractivity contribution in [1.29, 1.82) is 0 Å². The van der Waals surface area contributed by atoms with Crippen molar-refractivity contribution in [3.8, 4) is 0 Å². The van der Waals surface area contributed by atoms with Crippen LogP contribution in [-0.2, 0) is 33.0 Å². The van der Waals surface area contributed by atoms with Crippen molar-refractivity contribution in [2.75, 3.05) is 6.26 Å². The zero-order chi connectivity index (χ0) is 20.4. The SMILES string of the molecule is CS(=O)(=O)c1ccc(Br)c(S(=O)(=O)NCc2ccc(Cn3cncn3)cc2)c1. The summed E-state index contributed by atoms with van der Waals surface area (Å²) in [5, 5.41) is 4.04. The number of sulfone groups is 1. The van der Waals surface area contributed by atoms with Gasteiger partial charge in [0.25, 0.3) is 0 Å². The van der Waals surface area contributed by atoms with Gasteiger partial charge in [-0.05, 0) is 45.3 Å². The summed E-state index contributed by atoms with van der Waals surface area (Å²) in [6.07, 6.45) is 4.10. The van der Waals surface area contributed by atoms with E-state index in [1.54, 1.807) is 11.0 Å². The molecule has 8 nitrogen and oxygen atoms in total. The van der Waals surface area contributed by atoms with Gasteiger partial charge in [-0.3, -0.25) is 0 Å². The molecule has 28 heavy (non-hydrogen) atoms. The Morgan fingerprint density at radius 2 is 1.71 bits per heavy atom. The monoisotopic (exact) mass is 484 g/mol. The fraction of sp³-hybridized carbons (Fsp3) is 0.176. The van der Waals surface area contributed by atoms with Gasteiger partial charge in [0.15, 0.2) is 9.84 Å². The molecule has 3 aromatic rings. The highest BCUT2D eigenvalue weighted by Crippen LogP contribution is 2.25. The van der Waals surface area contributed by atoms with Crippen LogP contribution in [-0.4, -0.2) is 37.9 Å². The summed E-state index contributed by atoms with van der Waals surface area (Å²) in [6.45, 7) is 0.638. The summed E-state index contributed by atoms with van der Waals surface area (Å²) >= 11 is 3.17. The van der Waals surface area contributed by atoms with Gasteiger partial charge in [-0.25, -0.2) is 31.2 Å². The van der Waals surface area contributed by atoms with E-state index in [2.05, 4.69) is 30.7 Å². The van der Waals surface area contributed by atoms with E-state index in [0.717, 1.165) is 23.4 Å². The molecule has 0 radical (unpaired) electrons. The molecule has 0 amide bonds. The van der Waals surface area contributed by atoms with Crippen molar-refractivity contribution in [2.24, 2.45) is 0 Å². The Balaban J connectivity index is 1.73. The third kappa shape index (κ3) is 5.04. The molecule has 0 aliphatic carbocycles. The number of rotatable bonds is 7. The summed E-state index contributed by atoms with van der Waals surface area (Å²) in [6, 6.07) is 11.3. The van der Waals surface area contributed by atoms with Gasteiger partial charge in [-0.2, -0.15) is 5.10 Å². The van der Waals surface area contributed by atoms with Crippen molar-refractivity contribution in [1.82, 2.24) is 19.5 Å². The highest BCUT2D eigenvalue weighted by Gasteiger charge is 2.20. The molecule has 0 fully saturated rings. The van der Waals surface area contributed by atoms with Gasteiger partial charge in [-0.15, -0.1) is 0 Å². The number of hydrogen-bond acceptors (Lipinski definition) is 6. The zero-order valence-electron chi connectivity index (χ0n) is 14.8. The van der Waals surface area contributed by atoms with E-state index < -0.39 is 19.9 Å². The third-order valence-electron chi connectivity index (χ3n) is 3.92. The topological polar surface area (TPSA) is 111 Å². The second-order valence-corrected chi connectivity index (χ2v) is 10.7. The van der Waals surface area contributed by atoms with Gasteiger partial charge in [0.2, 0.25) is 10.0 Å². The molecule has 11 heteroatoms. The van der Waals surface area contributed by atoms with Crippen molar-refractivity contribution >= 4 is 35.8 Å². The van der Waals surface area contributed by atoms with E-state index in [-0.39, 0.29) is 20.8 Å². The smallest absolute Gasteiger partial charge is 0.242 e. The molecule has 0 bridgehead atoms. The van der Waals surface area contributed by atoms with Crippen LogP contribution in [0.15, 0.2) is 69.4 Å². The number of aromatic nitrogens is 3. The van der Waals surface area contributed by atoms with Crippen LogP contribution in [0.25, 0.3) is 0 Å². The van der Waals surface area contributed by atoms with Gasteiger partial charge in [0.1, 0.15) is 12.7 Å². The lowest BCUT2D eigenvalue weighted by molar-refractivity contribution is 0.580. The van der Waals surface area contributed by atoms with Crippen LogP contribution in [0.4, 0.5) is 0 Å². The van der Waals surface area contributed by atoms with Crippen molar-refractivity contribution in [3.63, 3.8) is 0 Å². The second kappa shape index (κ2) is 8.11. The lowest BCUT2D eigenvalue weighted by atomic mass is 10.1. The molecular formula is C17H17BrN4O4S2. The zero-order valence-corrected chi connectivity index (χ0v) is 18.0. The maximum absolute atomic E-state index is 12.6. The molecule has 2 aromatic carbocycles. The van der Waals surface area contributed by atoms with Crippen molar-refractivity contribution < 1.29 is 16.8 Å². The average Bonchev–Trinajstić information content (AvgIpc) is 3.13. The van der Waals surface area contributed by atoms with E-state index in [1.165, 1.54) is 18.5 Å². The average molecular weight is 485 g/mol. The molecule has 1 aromatic heterocycles. The molecule has 0 unspecified atom stereocenters. The minimum atomic E-state index is -3.91. The van der Waals surface area contributed by atoms with Crippen LogP contribution < -0.4 is 4.72 Å². The van der Waals surface area contributed by atoms with E-state index >= 15 is 0 Å². The number of nitrogens with one attached hydrogen (secondary N) is 1. The van der Waals surface area contributed by atoms with Crippen LogP contribution >= 0.6 is 15.9 Å². The number of halogens is 1.